The van der Waals surface area contributed by atoms with Gasteiger partial charge in [0, 0.05) is 36.1 Å². The Kier molecular flexibility index (Phi) is 4.95. The molecule has 31 heavy (non-hydrogen) atoms. The number of benzene rings is 1. The quantitative estimate of drug-likeness (QED) is 0.712. The Labute approximate surface area is 183 Å². The molecule has 5 atom stereocenters. The Balaban J connectivity index is 1.04. The van der Waals surface area contributed by atoms with Crippen molar-refractivity contribution in [2.24, 2.45) is 35.5 Å². The summed E-state index contributed by atoms with van der Waals surface area (Å²) in [4.78, 5) is 18.5. The average molecular weight is 424 g/mol. The lowest BCUT2D eigenvalue weighted by Crippen LogP contribution is -2.21. The van der Waals surface area contributed by atoms with E-state index >= 15 is 0 Å². The van der Waals surface area contributed by atoms with Gasteiger partial charge in [0.2, 0.25) is 5.91 Å². The van der Waals surface area contributed by atoms with Gasteiger partial charge in [-0.1, -0.05) is 6.92 Å². The van der Waals surface area contributed by atoms with Gasteiger partial charge in [-0.25, -0.2) is 0 Å². The van der Waals surface area contributed by atoms with Crippen LogP contribution >= 0.6 is 0 Å². The van der Waals surface area contributed by atoms with Crippen LogP contribution in [0.3, 0.4) is 0 Å². The number of ether oxygens (including phenoxy) is 2. The molecule has 1 aromatic heterocycles. The van der Waals surface area contributed by atoms with Crippen LogP contribution in [0.2, 0.25) is 0 Å². The van der Waals surface area contributed by atoms with Gasteiger partial charge in [-0.15, -0.1) is 0 Å². The number of nitrogens with zero attached hydrogens (tertiary/aromatic N) is 1. The smallest absolute Gasteiger partial charge is 0.228 e. The van der Waals surface area contributed by atoms with Crippen molar-refractivity contribution in [3.63, 3.8) is 0 Å². The van der Waals surface area contributed by atoms with E-state index < -0.39 is 0 Å². The molecule has 2 aliphatic heterocycles. The molecule has 4 fully saturated rings. The van der Waals surface area contributed by atoms with E-state index in [4.69, 9.17) is 9.47 Å². The first kappa shape index (κ1) is 19.6. The summed E-state index contributed by atoms with van der Waals surface area (Å²) >= 11 is 0. The van der Waals surface area contributed by atoms with Crippen LogP contribution in [-0.4, -0.2) is 55.2 Å². The Bertz CT molecular complexity index is 948. The van der Waals surface area contributed by atoms with E-state index in [9.17, 15) is 4.79 Å². The lowest BCUT2D eigenvalue weighted by atomic mass is 10.0. The predicted octanol–water partition coefficient (Wildman–Crippen LogP) is 3.75. The van der Waals surface area contributed by atoms with Gasteiger partial charge < -0.3 is 24.7 Å². The molecule has 4 aliphatic rings. The molecular weight excluding hydrogens is 390 g/mol. The second kappa shape index (κ2) is 7.82. The van der Waals surface area contributed by atoms with Crippen molar-refractivity contribution in [3.05, 3.63) is 24.4 Å². The van der Waals surface area contributed by atoms with Crippen molar-refractivity contribution in [2.75, 3.05) is 44.8 Å². The highest BCUT2D eigenvalue weighted by Gasteiger charge is 2.58. The molecular formula is C25H33N3O3. The zero-order valence-electron chi connectivity index (χ0n) is 18.3. The number of H-pyrrole nitrogens is 1. The minimum absolute atomic E-state index is 0.119. The lowest BCUT2D eigenvalue weighted by molar-refractivity contribution is -0.118. The molecule has 0 radical (unpaired) electrons. The fourth-order valence-electron chi connectivity index (χ4n) is 6.50. The highest BCUT2D eigenvalue weighted by molar-refractivity contribution is 6.03. The average Bonchev–Trinajstić information content (AvgIpc) is 3.26. The van der Waals surface area contributed by atoms with Gasteiger partial charge in [0.25, 0.3) is 0 Å². The topological polar surface area (TPSA) is 66.6 Å². The highest BCUT2D eigenvalue weighted by Crippen LogP contribution is 2.51. The SMILES string of the molecule is CCN1C[C@H]2CC(CCOc3ccc4[nH]cc(NC(=O)C5C6COCC65)c4c3)C[C@H]2C1. The molecule has 1 aromatic carbocycles. The number of aromatic nitrogens is 1. The van der Waals surface area contributed by atoms with Crippen LogP contribution in [0.25, 0.3) is 10.9 Å². The monoisotopic (exact) mass is 423 g/mol. The van der Waals surface area contributed by atoms with E-state index in [0.717, 1.165) is 66.3 Å². The van der Waals surface area contributed by atoms with Crippen LogP contribution in [0, 0.1) is 35.5 Å². The first-order valence-electron chi connectivity index (χ1n) is 12.0. The molecule has 3 unspecified atom stereocenters. The minimum Gasteiger partial charge on any atom is -0.494 e. The van der Waals surface area contributed by atoms with Crippen LogP contribution in [0.15, 0.2) is 24.4 Å². The van der Waals surface area contributed by atoms with E-state index in [1.165, 1.54) is 32.5 Å². The van der Waals surface area contributed by atoms with E-state index in [2.05, 4.69) is 28.2 Å². The van der Waals surface area contributed by atoms with Crippen molar-refractivity contribution in [2.45, 2.75) is 26.2 Å². The molecule has 1 amide bonds. The summed E-state index contributed by atoms with van der Waals surface area (Å²) in [6, 6.07) is 6.12. The van der Waals surface area contributed by atoms with Crippen LogP contribution in [0.1, 0.15) is 26.2 Å². The molecule has 2 N–H and O–H groups in total. The summed E-state index contributed by atoms with van der Waals surface area (Å²) in [5.41, 5.74) is 1.87. The Morgan fingerprint density at radius 1 is 1.23 bits per heavy atom. The van der Waals surface area contributed by atoms with Crippen molar-refractivity contribution in [3.8, 4) is 5.75 Å². The molecule has 0 bridgehead atoms. The van der Waals surface area contributed by atoms with E-state index in [1.54, 1.807) is 0 Å². The number of anilines is 1. The predicted molar refractivity (Wildman–Crippen MR) is 120 cm³/mol. The molecule has 3 heterocycles. The third-order valence-electron chi connectivity index (χ3n) is 8.33. The maximum Gasteiger partial charge on any atom is 0.228 e. The Morgan fingerprint density at radius 2 is 2.00 bits per heavy atom. The minimum atomic E-state index is 0.119. The molecule has 2 aliphatic carbocycles. The summed E-state index contributed by atoms with van der Waals surface area (Å²) in [6.07, 6.45) is 5.76. The summed E-state index contributed by atoms with van der Waals surface area (Å²) in [7, 11) is 0. The molecule has 2 saturated heterocycles. The summed E-state index contributed by atoms with van der Waals surface area (Å²) in [6.45, 7) is 8.29. The molecule has 2 saturated carbocycles. The third kappa shape index (κ3) is 3.64. The van der Waals surface area contributed by atoms with E-state index in [1.807, 2.05) is 18.3 Å². The number of fused-ring (bicyclic) bond motifs is 3. The fraction of sp³-hybridized carbons (Fsp3) is 0.640. The number of hydrogen-bond donors (Lipinski definition) is 2. The third-order valence-corrected chi connectivity index (χ3v) is 8.33. The van der Waals surface area contributed by atoms with E-state index in [0.29, 0.717) is 11.8 Å². The molecule has 6 heteroatoms. The van der Waals surface area contributed by atoms with Crippen molar-refractivity contribution in [1.82, 2.24) is 9.88 Å². The first-order valence-corrected chi connectivity index (χ1v) is 12.0. The molecule has 166 valence electrons. The number of rotatable bonds is 7. The van der Waals surface area contributed by atoms with Crippen LogP contribution in [0.5, 0.6) is 5.75 Å². The summed E-state index contributed by atoms with van der Waals surface area (Å²) < 4.78 is 11.5. The second-order valence-corrected chi connectivity index (χ2v) is 10.1. The summed E-state index contributed by atoms with van der Waals surface area (Å²) in [5.74, 6) is 4.59. The van der Waals surface area contributed by atoms with Crippen LogP contribution < -0.4 is 10.1 Å². The first-order chi connectivity index (χ1) is 15.2. The summed E-state index contributed by atoms with van der Waals surface area (Å²) in [5, 5.41) is 4.15. The lowest BCUT2D eigenvalue weighted by Gasteiger charge is -2.17. The number of carbonyl (C=O) groups excluding carboxylic acids is 1. The maximum absolute atomic E-state index is 12.6. The van der Waals surface area contributed by atoms with Crippen LogP contribution in [0.4, 0.5) is 5.69 Å². The van der Waals surface area contributed by atoms with Gasteiger partial charge in [0.15, 0.2) is 0 Å². The number of aromatic amines is 1. The van der Waals surface area contributed by atoms with E-state index in [-0.39, 0.29) is 11.8 Å². The van der Waals surface area contributed by atoms with Crippen molar-refractivity contribution < 1.29 is 14.3 Å². The molecule has 6 rings (SSSR count). The fourth-order valence-corrected chi connectivity index (χ4v) is 6.50. The number of nitrogens with one attached hydrogen (secondary N) is 2. The maximum atomic E-state index is 12.6. The largest absolute Gasteiger partial charge is 0.494 e. The van der Waals surface area contributed by atoms with Gasteiger partial charge in [-0.3, -0.25) is 4.79 Å². The van der Waals surface area contributed by atoms with Gasteiger partial charge >= 0.3 is 0 Å². The standard InChI is InChI=1S/C25H33N3O3/c1-2-28-11-16-7-15(8-17(16)12-28)5-6-31-18-3-4-22-19(9-18)23(10-26-22)27-25(29)24-20-13-30-14-21(20)24/h3-4,9-10,15-17,20-21,24,26H,2,5-8,11-14H2,1H3,(H,27,29)/t15?,16-,17+,20?,21?,24?. The zero-order chi connectivity index (χ0) is 20.9. The molecule has 6 nitrogen and oxygen atoms in total. The normalized spacial score (nSPS) is 34.1. The number of amides is 1. The molecule has 2 aromatic rings. The van der Waals surface area contributed by atoms with Gasteiger partial charge in [-0.05, 0) is 73.6 Å². The van der Waals surface area contributed by atoms with Crippen LogP contribution in [-0.2, 0) is 9.53 Å². The second-order valence-electron chi connectivity index (χ2n) is 10.1. The Hall–Kier alpha value is -2.05. The van der Waals surface area contributed by atoms with Gasteiger partial charge in [-0.2, -0.15) is 0 Å². The Morgan fingerprint density at radius 3 is 2.74 bits per heavy atom. The van der Waals surface area contributed by atoms with Crippen molar-refractivity contribution in [1.29, 1.82) is 0 Å². The number of hydrogen-bond acceptors (Lipinski definition) is 4. The number of carbonyl (C=O) groups is 1. The molecule has 0 spiro atoms. The van der Waals surface area contributed by atoms with Crippen molar-refractivity contribution >= 4 is 22.5 Å². The van der Waals surface area contributed by atoms with Gasteiger partial charge in [0.1, 0.15) is 5.75 Å². The zero-order valence-corrected chi connectivity index (χ0v) is 18.3. The highest BCUT2D eigenvalue weighted by atomic mass is 16.5. The number of likely N-dealkylation sites (tertiary alicyclic amines) is 1. The van der Waals surface area contributed by atoms with Gasteiger partial charge in [0.05, 0.1) is 25.5 Å².